The third-order valence-corrected chi connectivity index (χ3v) is 10.7. The lowest BCUT2D eigenvalue weighted by molar-refractivity contribution is 1.07. The van der Waals surface area contributed by atoms with E-state index in [1.54, 1.807) is 0 Å². The maximum Gasteiger partial charge on any atom is 0.164 e. The normalized spacial score (nSPS) is 11.1. The van der Waals surface area contributed by atoms with Gasteiger partial charge >= 0.3 is 0 Å². The molecule has 0 aliphatic carbocycles. The molecule has 1 heterocycles. The maximum absolute atomic E-state index is 5.07. The fourth-order valence-corrected chi connectivity index (χ4v) is 7.66. The monoisotopic (exact) mass is 739 g/mol. The minimum atomic E-state index is 0.636. The van der Waals surface area contributed by atoms with Gasteiger partial charge in [0.15, 0.2) is 17.5 Å². The molecule has 0 fully saturated rings. The van der Waals surface area contributed by atoms with E-state index < -0.39 is 0 Å². The number of hydrogen-bond donors (Lipinski definition) is 0. The Labute approximate surface area is 338 Å². The highest BCUT2D eigenvalue weighted by atomic mass is 15.0. The molecule has 3 nitrogen and oxygen atoms in total. The Bertz CT molecular complexity index is 3060. The zero-order valence-electron chi connectivity index (χ0n) is 31.7. The lowest BCUT2D eigenvalue weighted by Crippen LogP contribution is -2.00. The first-order valence-corrected chi connectivity index (χ1v) is 19.6. The van der Waals surface area contributed by atoms with Gasteiger partial charge in [0.25, 0.3) is 0 Å². The molecular formula is C55H37N3. The minimum Gasteiger partial charge on any atom is -0.208 e. The predicted octanol–water partition coefficient (Wildman–Crippen LogP) is 14.4. The molecule has 9 aromatic carbocycles. The van der Waals surface area contributed by atoms with Crippen LogP contribution in [-0.4, -0.2) is 15.0 Å². The van der Waals surface area contributed by atoms with Crippen LogP contribution in [0.25, 0.3) is 101 Å². The molecule has 0 saturated heterocycles. The van der Waals surface area contributed by atoms with Crippen LogP contribution in [0.5, 0.6) is 0 Å². The lowest BCUT2D eigenvalue weighted by Gasteiger charge is -2.12. The van der Waals surface area contributed by atoms with Gasteiger partial charge in [0, 0.05) is 16.7 Å². The second-order valence-corrected chi connectivity index (χ2v) is 14.5. The Kier molecular flexibility index (Phi) is 9.23. The minimum absolute atomic E-state index is 0.636. The maximum atomic E-state index is 5.07. The summed E-state index contributed by atoms with van der Waals surface area (Å²) in [5.41, 5.74) is 14.6. The zero-order chi connectivity index (χ0) is 38.7. The Morgan fingerprint density at radius 3 is 0.914 bits per heavy atom. The van der Waals surface area contributed by atoms with Gasteiger partial charge < -0.3 is 0 Å². The first kappa shape index (κ1) is 34.7. The molecule has 0 bridgehead atoms. The Morgan fingerprint density at radius 1 is 0.172 bits per heavy atom. The van der Waals surface area contributed by atoms with E-state index in [0.29, 0.717) is 17.5 Å². The van der Waals surface area contributed by atoms with Crippen LogP contribution in [0.4, 0.5) is 0 Å². The number of nitrogens with zero attached hydrogens (tertiary/aromatic N) is 3. The quantitative estimate of drug-likeness (QED) is 0.156. The summed E-state index contributed by atoms with van der Waals surface area (Å²) in [4.78, 5) is 15.1. The fourth-order valence-electron chi connectivity index (χ4n) is 7.66. The molecule has 0 amide bonds. The van der Waals surface area contributed by atoms with E-state index in [1.165, 1.54) is 38.8 Å². The van der Waals surface area contributed by atoms with Gasteiger partial charge in [-0.3, -0.25) is 0 Å². The van der Waals surface area contributed by atoms with Gasteiger partial charge in [-0.05, 0) is 103 Å². The topological polar surface area (TPSA) is 38.7 Å². The van der Waals surface area contributed by atoms with Crippen LogP contribution in [0.15, 0.2) is 224 Å². The van der Waals surface area contributed by atoms with Crippen molar-refractivity contribution in [1.82, 2.24) is 15.0 Å². The Balaban J connectivity index is 0.972. The molecule has 10 aromatic rings. The van der Waals surface area contributed by atoms with Gasteiger partial charge in [0.05, 0.1) is 0 Å². The van der Waals surface area contributed by atoms with Gasteiger partial charge in [-0.15, -0.1) is 0 Å². The highest BCUT2D eigenvalue weighted by molar-refractivity contribution is 5.87. The molecule has 0 spiro atoms. The molecule has 0 aliphatic heterocycles. The zero-order valence-corrected chi connectivity index (χ0v) is 31.7. The molecule has 272 valence electrons. The summed E-state index contributed by atoms with van der Waals surface area (Å²) in [6.07, 6.45) is 0. The molecule has 0 N–H and O–H groups in total. The highest BCUT2D eigenvalue weighted by Gasteiger charge is 2.14. The summed E-state index contributed by atoms with van der Waals surface area (Å²) in [6, 6.07) is 79.1. The lowest BCUT2D eigenvalue weighted by atomic mass is 9.94. The van der Waals surface area contributed by atoms with E-state index in [-0.39, 0.29) is 0 Å². The summed E-state index contributed by atoms with van der Waals surface area (Å²) < 4.78 is 0. The summed E-state index contributed by atoms with van der Waals surface area (Å²) >= 11 is 0. The molecule has 1 aromatic heterocycles. The average Bonchev–Trinajstić information content (AvgIpc) is 3.32. The van der Waals surface area contributed by atoms with Crippen molar-refractivity contribution >= 4 is 10.8 Å². The fraction of sp³-hybridized carbons (Fsp3) is 0. The second kappa shape index (κ2) is 15.4. The molecule has 3 heteroatoms. The summed E-state index contributed by atoms with van der Waals surface area (Å²) in [7, 11) is 0. The average molecular weight is 740 g/mol. The summed E-state index contributed by atoms with van der Waals surface area (Å²) in [5, 5.41) is 2.33. The van der Waals surface area contributed by atoms with Crippen molar-refractivity contribution in [2.24, 2.45) is 0 Å². The van der Waals surface area contributed by atoms with Crippen LogP contribution >= 0.6 is 0 Å². The smallest absolute Gasteiger partial charge is 0.164 e. The van der Waals surface area contributed by atoms with Gasteiger partial charge in [-0.25, -0.2) is 15.0 Å². The standard InChI is InChI=1S/C55H37N3/c1-3-14-38(15-4-1)42-20-9-21-43(32-42)44-22-10-23-45(33-44)46-24-11-25-47(34-46)48-26-12-27-49(35-48)50-28-13-29-51(37-50)54-56-53(40-17-5-2-6-18-40)57-55(58-54)52-31-30-39-16-7-8-19-41(39)36-52/h1-37H. The first-order chi connectivity index (χ1) is 28.7. The molecule has 58 heavy (non-hydrogen) atoms. The summed E-state index contributed by atoms with van der Waals surface area (Å²) in [6.45, 7) is 0. The van der Waals surface area contributed by atoms with Gasteiger partial charge in [0.1, 0.15) is 0 Å². The van der Waals surface area contributed by atoms with Gasteiger partial charge in [-0.1, -0.05) is 188 Å². The van der Waals surface area contributed by atoms with Gasteiger partial charge in [0.2, 0.25) is 0 Å². The van der Waals surface area contributed by atoms with Crippen molar-refractivity contribution in [3.8, 4) is 89.8 Å². The molecule has 0 atom stereocenters. The van der Waals surface area contributed by atoms with Crippen LogP contribution in [-0.2, 0) is 0 Å². The predicted molar refractivity (Wildman–Crippen MR) is 241 cm³/mol. The molecule has 0 saturated carbocycles. The van der Waals surface area contributed by atoms with Crippen molar-refractivity contribution in [2.75, 3.05) is 0 Å². The molecule has 0 unspecified atom stereocenters. The van der Waals surface area contributed by atoms with Crippen molar-refractivity contribution in [3.63, 3.8) is 0 Å². The summed E-state index contributed by atoms with van der Waals surface area (Å²) in [5.74, 6) is 1.93. The molecule has 10 rings (SSSR count). The number of rotatable bonds is 8. The van der Waals surface area contributed by atoms with E-state index >= 15 is 0 Å². The largest absolute Gasteiger partial charge is 0.208 e. The van der Waals surface area contributed by atoms with Crippen LogP contribution in [0, 0.1) is 0 Å². The van der Waals surface area contributed by atoms with E-state index in [4.69, 9.17) is 15.0 Å². The molecule has 0 aliphatic rings. The van der Waals surface area contributed by atoms with Crippen LogP contribution in [0.3, 0.4) is 0 Å². The molecular weight excluding hydrogens is 703 g/mol. The van der Waals surface area contributed by atoms with Crippen molar-refractivity contribution in [3.05, 3.63) is 224 Å². The van der Waals surface area contributed by atoms with Crippen LogP contribution in [0.1, 0.15) is 0 Å². The van der Waals surface area contributed by atoms with E-state index in [0.717, 1.165) is 44.3 Å². The number of fused-ring (bicyclic) bond motifs is 1. The van der Waals surface area contributed by atoms with E-state index in [9.17, 15) is 0 Å². The van der Waals surface area contributed by atoms with Crippen molar-refractivity contribution in [1.29, 1.82) is 0 Å². The first-order valence-electron chi connectivity index (χ1n) is 19.6. The van der Waals surface area contributed by atoms with Crippen LogP contribution in [0.2, 0.25) is 0 Å². The van der Waals surface area contributed by atoms with Crippen molar-refractivity contribution in [2.45, 2.75) is 0 Å². The third-order valence-electron chi connectivity index (χ3n) is 10.7. The van der Waals surface area contributed by atoms with E-state index in [2.05, 4.69) is 194 Å². The SMILES string of the molecule is c1ccc(-c2cccc(-c3cccc(-c4cccc(-c5cccc(-c6cccc(-c7nc(-c8ccccc8)nc(-c8ccc9ccccc9c8)n7)c6)c5)c4)c3)c2)cc1. The highest BCUT2D eigenvalue weighted by Crippen LogP contribution is 2.34. The van der Waals surface area contributed by atoms with Crippen molar-refractivity contribution < 1.29 is 0 Å². The number of hydrogen-bond acceptors (Lipinski definition) is 3. The van der Waals surface area contributed by atoms with Crippen LogP contribution < -0.4 is 0 Å². The Morgan fingerprint density at radius 2 is 0.466 bits per heavy atom. The second-order valence-electron chi connectivity index (χ2n) is 14.5. The molecule has 0 radical (unpaired) electrons. The number of aromatic nitrogens is 3. The van der Waals surface area contributed by atoms with E-state index in [1.807, 2.05) is 30.3 Å². The third kappa shape index (κ3) is 7.21. The number of benzene rings is 9. The Hall–Kier alpha value is -7.75. The van der Waals surface area contributed by atoms with Gasteiger partial charge in [-0.2, -0.15) is 0 Å².